The van der Waals surface area contributed by atoms with E-state index in [1.165, 1.54) is 96.8 Å². The lowest BCUT2D eigenvalue weighted by atomic mass is 10.0. The van der Waals surface area contributed by atoms with Crippen molar-refractivity contribution in [2.45, 2.75) is 142 Å². The lowest BCUT2D eigenvalue weighted by Crippen LogP contribution is -2.46. The summed E-state index contributed by atoms with van der Waals surface area (Å²) in [5.41, 5.74) is 0.913. The Morgan fingerprint density at radius 1 is 0.737 bits per heavy atom. The lowest BCUT2D eigenvalue weighted by molar-refractivity contribution is -0.145. The molecule has 2 N–H and O–H groups in total. The van der Waals surface area contributed by atoms with E-state index in [1.54, 1.807) is 0 Å². The van der Waals surface area contributed by atoms with Gasteiger partial charge in [0.05, 0.1) is 0 Å². The van der Waals surface area contributed by atoms with Gasteiger partial charge in [-0.15, -0.1) is 0 Å². The summed E-state index contributed by atoms with van der Waals surface area (Å²) in [5.74, 6) is -0.906. The number of nitrogens with one attached hydrogen (secondary N) is 2. The van der Waals surface area contributed by atoms with Gasteiger partial charge in [0.15, 0.2) is 0 Å². The second kappa shape index (κ2) is 23.7. The standard InChI is InChI=1S/C32H54N2O4/c1-3-4-5-6-7-8-9-10-11-12-13-14-15-16-17-21-26-33-32(37)30(34-28(2)35)24-25-31(36)38-27-29-22-19-18-20-23-29/h18-20,22-23,30H,3-17,21,24-27H2,1-2H3,(H,33,37)(H,34,35)/t30-/m0/s1. The Bertz CT molecular complexity index is 738. The van der Waals surface area contributed by atoms with E-state index in [-0.39, 0.29) is 37.2 Å². The zero-order valence-corrected chi connectivity index (χ0v) is 24.2. The van der Waals surface area contributed by atoms with Crippen LogP contribution >= 0.6 is 0 Å². The van der Waals surface area contributed by atoms with Gasteiger partial charge in [0.2, 0.25) is 11.8 Å². The molecule has 6 nitrogen and oxygen atoms in total. The van der Waals surface area contributed by atoms with Crippen LogP contribution in [0.2, 0.25) is 0 Å². The molecule has 0 saturated heterocycles. The molecule has 1 atom stereocenters. The monoisotopic (exact) mass is 530 g/mol. The molecule has 0 aliphatic heterocycles. The van der Waals surface area contributed by atoms with Gasteiger partial charge in [0.25, 0.3) is 0 Å². The minimum Gasteiger partial charge on any atom is -0.461 e. The van der Waals surface area contributed by atoms with E-state index in [9.17, 15) is 14.4 Å². The van der Waals surface area contributed by atoms with E-state index in [2.05, 4.69) is 17.6 Å². The largest absolute Gasteiger partial charge is 0.461 e. The first-order chi connectivity index (χ1) is 18.5. The minimum atomic E-state index is -0.724. The smallest absolute Gasteiger partial charge is 0.306 e. The van der Waals surface area contributed by atoms with E-state index in [0.29, 0.717) is 6.54 Å². The van der Waals surface area contributed by atoms with E-state index >= 15 is 0 Å². The van der Waals surface area contributed by atoms with Gasteiger partial charge in [-0.3, -0.25) is 14.4 Å². The van der Waals surface area contributed by atoms with Gasteiger partial charge in [-0.25, -0.2) is 0 Å². The molecule has 0 aliphatic carbocycles. The maximum atomic E-state index is 12.6. The Balaban J connectivity index is 2.02. The van der Waals surface area contributed by atoms with Crippen LogP contribution in [0, 0.1) is 0 Å². The zero-order valence-electron chi connectivity index (χ0n) is 24.2. The second-order valence-electron chi connectivity index (χ2n) is 10.5. The van der Waals surface area contributed by atoms with Crippen molar-refractivity contribution in [3.63, 3.8) is 0 Å². The van der Waals surface area contributed by atoms with Crippen LogP contribution in [0.25, 0.3) is 0 Å². The highest BCUT2D eigenvalue weighted by Gasteiger charge is 2.20. The molecular formula is C32H54N2O4. The molecule has 0 radical (unpaired) electrons. The topological polar surface area (TPSA) is 84.5 Å². The molecule has 1 rings (SSSR count). The molecule has 6 heteroatoms. The molecule has 0 fully saturated rings. The fraction of sp³-hybridized carbons (Fsp3) is 0.719. The third-order valence-electron chi connectivity index (χ3n) is 6.90. The normalized spacial score (nSPS) is 11.6. The van der Waals surface area contributed by atoms with Gasteiger partial charge in [-0.05, 0) is 18.4 Å². The highest BCUT2D eigenvalue weighted by Crippen LogP contribution is 2.13. The molecular weight excluding hydrogens is 476 g/mol. The van der Waals surface area contributed by atoms with E-state index in [0.717, 1.165) is 18.4 Å². The number of hydrogen-bond donors (Lipinski definition) is 2. The number of rotatable bonds is 24. The first-order valence-corrected chi connectivity index (χ1v) is 15.3. The van der Waals surface area contributed by atoms with Crippen LogP contribution in [0.3, 0.4) is 0 Å². The van der Waals surface area contributed by atoms with Crippen molar-refractivity contribution in [1.29, 1.82) is 0 Å². The molecule has 0 unspecified atom stereocenters. The molecule has 0 aromatic heterocycles. The van der Waals surface area contributed by atoms with Crippen molar-refractivity contribution >= 4 is 17.8 Å². The van der Waals surface area contributed by atoms with Crippen molar-refractivity contribution in [1.82, 2.24) is 10.6 Å². The van der Waals surface area contributed by atoms with E-state index in [4.69, 9.17) is 4.74 Å². The van der Waals surface area contributed by atoms with Crippen molar-refractivity contribution in [2.24, 2.45) is 0 Å². The molecule has 0 aliphatic rings. The van der Waals surface area contributed by atoms with Gasteiger partial charge in [-0.1, -0.05) is 134 Å². The Kier molecular flexibility index (Phi) is 21.0. The SMILES string of the molecule is CCCCCCCCCCCCCCCCCCNC(=O)[C@H](CCC(=O)OCc1ccccc1)NC(C)=O. The molecule has 38 heavy (non-hydrogen) atoms. The van der Waals surface area contributed by atoms with Crippen LogP contribution in [-0.2, 0) is 25.7 Å². The van der Waals surface area contributed by atoms with Crippen molar-refractivity contribution in [3.8, 4) is 0 Å². The summed E-state index contributed by atoms with van der Waals surface area (Å²) < 4.78 is 5.28. The van der Waals surface area contributed by atoms with Gasteiger partial charge in [0, 0.05) is 19.9 Å². The summed E-state index contributed by atoms with van der Waals surface area (Å²) in [5, 5.41) is 5.57. The number of benzene rings is 1. The van der Waals surface area contributed by atoms with Gasteiger partial charge >= 0.3 is 5.97 Å². The van der Waals surface area contributed by atoms with E-state index in [1.807, 2.05) is 30.3 Å². The molecule has 2 amide bonds. The van der Waals surface area contributed by atoms with Gasteiger partial charge in [-0.2, -0.15) is 0 Å². The first-order valence-electron chi connectivity index (χ1n) is 15.3. The second-order valence-corrected chi connectivity index (χ2v) is 10.5. The molecule has 216 valence electrons. The number of carbonyl (C=O) groups excluding carboxylic acids is 3. The molecule has 0 spiro atoms. The number of amides is 2. The average Bonchev–Trinajstić information content (AvgIpc) is 2.91. The zero-order chi connectivity index (χ0) is 27.7. The predicted octanol–water partition coefficient (Wildman–Crippen LogP) is 7.39. The predicted molar refractivity (Wildman–Crippen MR) is 156 cm³/mol. The van der Waals surface area contributed by atoms with Crippen LogP contribution < -0.4 is 10.6 Å². The molecule has 0 heterocycles. The molecule has 1 aromatic carbocycles. The Hall–Kier alpha value is -2.37. The van der Waals surface area contributed by atoms with Crippen LogP contribution in [0.5, 0.6) is 0 Å². The highest BCUT2D eigenvalue weighted by molar-refractivity contribution is 5.87. The number of unbranched alkanes of at least 4 members (excludes halogenated alkanes) is 15. The maximum absolute atomic E-state index is 12.6. The third kappa shape index (κ3) is 19.7. The number of ether oxygens (including phenoxy) is 1. The minimum absolute atomic E-state index is 0.0737. The van der Waals surface area contributed by atoms with E-state index < -0.39 is 6.04 Å². The number of carbonyl (C=O) groups is 3. The van der Waals surface area contributed by atoms with Crippen molar-refractivity contribution in [2.75, 3.05) is 6.54 Å². The molecule has 1 aromatic rings. The van der Waals surface area contributed by atoms with Crippen molar-refractivity contribution in [3.05, 3.63) is 35.9 Å². The summed E-state index contributed by atoms with van der Waals surface area (Å²) in [6.45, 7) is 4.44. The van der Waals surface area contributed by atoms with Crippen LogP contribution in [0.1, 0.15) is 135 Å². The summed E-state index contributed by atoms with van der Waals surface area (Å²) >= 11 is 0. The van der Waals surface area contributed by atoms with Crippen LogP contribution in [-0.4, -0.2) is 30.4 Å². The van der Waals surface area contributed by atoms with Gasteiger partial charge in [0.1, 0.15) is 12.6 Å². The fourth-order valence-corrected chi connectivity index (χ4v) is 4.59. The van der Waals surface area contributed by atoms with Crippen LogP contribution in [0.4, 0.5) is 0 Å². The maximum Gasteiger partial charge on any atom is 0.306 e. The first kappa shape index (κ1) is 33.7. The van der Waals surface area contributed by atoms with Gasteiger partial charge < -0.3 is 15.4 Å². The molecule has 0 bridgehead atoms. The van der Waals surface area contributed by atoms with Crippen LogP contribution in [0.15, 0.2) is 30.3 Å². The van der Waals surface area contributed by atoms with Crippen molar-refractivity contribution < 1.29 is 19.1 Å². The Morgan fingerprint density at radius 2 is 1.24 bits per heavy atom. The fourth-order valence-electron chi connectivity index (χ4n) is 4.59. The quantitative estimate of drug-likeness (QED) is 0.108. The number of hydrogen-bond acceptors (Lipinski definition) is 4. The summed E-state index contributed by atoms with van der Waals surface area (Å²) in [6, 6.07) is 8.73. The Morgan fingerprint density at radius 3 is 1.74 bits per heavy atom. The average molecular weight is 531 g/mol. The lowest BCUT2D eigenvalue weighted by Gasteiger charge is -2.17. The summed E-state index contributed by atoms with van der Waals surface area (Å²) in [4.78, 5) is 36.2. The Labute approximate surface area is 232 Å². The highest BCUT2D eigenvalue weighted by atomic mass is 16.5. The number of esters is 1. The summed E-state index contributed by atoms with van der Waals surface area (Å²) in [7, 11) is 0. The third-order valence-corrected chi connectivity index (χ3v) is 6.90. The summed E-state index contributed by atoms with van der Waals surface area (Å²) in [6.07, 6.45) is 21.3. The molecule has 0 saturated carbocycles.